The molecule has 160 valence electrons. The molecule has 3 heterocycles. The van der Waals surface area contributed by atoms with Crippen LogP contribution in [-0.2, 0) is 16.6 Å². The van der Waals surface area contributed by atoms with E-state index in [0.717, 1.165) is 17.1 Å². The standard InChI is InChI=1S/C22H22ClN5O2S/c1-27-11-5-7-18(27)21-20(17-6-3-4-10-24-17)26-22(31)28(21)14-8-9-16(15(23)12-14)25-19(29)13-30-2/h3-12,20-21H,13H2,1-2H3,(H,25,29)(H,26,31). The first-order valence-corrected chi connectivity index (χ1v) is 10.5. The van der Waals surface area contributed by atoms with Crippen molar-refractivity contribution in [3.8, 4) is 0 Å². The van der Waals surface area contributed by atoms with Gasteiger partial charge >= 0.3 is 0 Å². The van der Waals surface area contributed by atoms with E-state index in [2.05, 4.69) is 26.3 Å². The second-order valence-corrected chi connectivity index (χ2v) is 7.98. The van der Waals surface area contributed by atoms with E-state index < -0.39 is 0 Å². The second kappa shape index (κ2) is 9.05. The summed E-state index contributed by atoms with van der Waals surface area (Å²) in [5.74, 6) is -0.271. The summed E-state index contributed by atoms with van der Waals surface area (Å²) in [6.45, 7) is -0.0421. The molecule has 31 heavy (non-hydrogen) atoms. The highest BCUT2D eigenvalue weighted by Crippen LogP contribution is 2.42. The van der Waals surface area contributed by atoms with E-state index >= 15 is 0 Å². The van der Waals surface area contributed by atoms with Crippen molar-refractivity contribution in [2.75, 3.05) is 23.9 Å². The molecule has 0 spiro atoms. The van der Waals surface area contributed by atoms with E-state index in [1.807, 2.05) is 48.5 Å². The summed E-state index contributed by atoms with van der Waals surface area (Å²) in [4.78, 5) is 18.4. The van der Waals surface area contributed by atoms with E-state index in [0.29, 0.717) is 15.8 Å². The molecule has 1 saturated heterocycles. The van der Waals surface area contributed by atoms with Crippen molar-refractivity contribution in [3.63, 3.8) is 0 Å². The number of carbonyl (C=O) groups is 1. The lowest BCUT2D eigenvalue weighted by molar-refractivity contribution is -0.119. The number of ether oxygens (including phenoxy) is 1. The zero-order chi connectivity index (χ0) is 22.0. The Morgan fingerprint density at radius 1 is 1.29 bits per heavy atom. The molecule has 0 saturated carbocycles. The van der Waals surface area contributed by atoms with Gasteiger partial charge in [0, 0.05) is 37.9 Å². The smallest absolute Gasteiger partial charge is 0.250 e. The maximum absolute atomic E-state index is 11.9. The highest BCUT2D eigenvalue weighted by Gasteiger charge is 2.41. The second-order valence-electron chi connectivity index (χ2n) is 7.19. The molecule has 3 aromatic rings. The van der Waals surface area contributed by atoms with Crippen molar-refractivity contribution in [3.05, 3.63) is 77.3 Å². The van der Waals surface area contributed by atoms with Crippen molar-refractivity contribution >= 4 is 46.2 Å². The molecule has 1 amide bonds. The van der Waals surface area contributed by atoms with Crippen molar-refractivity contribution in [1.82, 2.24) is 14.9 Å². The van der Waals surface area contributed by atoms with Gasteiger partial charge in [0.05, 0.1) is 22.4 Å². The molecule has 0 aliphatic carbocycles. The quantitative estimate of drug-likeness (QED) is 0.550. The zero-order valence-electron chi connectivity index (χ0n) is 17.1. The number of amides is 1. The summed E-state index contributed by atoms with van der Waals surface area (Å²) in [7, 11) is 3.47. The number of carbonyl (C=O) groups excluding carboxylic acids is 1. The third kappa shape index (κ3) is 4.27. The minimum Gasteiger partial charge on any atom is -0.375 e. The van der Waals surface area contributed by atoms with Gasteiger partial charge in [-0.15, -0.1) is 0 Å². The van der Waals surface area contributed by atoms with Crippen LogP contribution in [0.3, 0.4) is 0 Å². The topological polar surface area (TPSA) is 71.4 Å². The molecule has 1 fully saturated rings. The Hall–Kier alpha value is -2.94. The predicted molar refractivity (Wildman–Crippen MR) is 125 cm³/mol. The number of rotatable bonds is 6. The van der Waals surface area contributed by atoms with Crippen LogP contribution in [0.4, 0.5) is 11.4 Å². The molecule has 0 bridgehead atoms. The van der Waals surface area contributed by atoms with Crippen LogP contribution < -0.4 is 15.5 Å². The van der Waals surface area contributed by atoms with Gasteiger partial charge in [0.2, 0.25) is 5.91 Å². The van der Waals surface area contributed by atoms with Crippen LogP contribution in [0.2, 0.25) is 5.02 Å². The highest BCUT2D eigenvalue weighted by molar-refractivity contribution is 7.80. The monoisotopic (exact) mass is 455 g/mol. The Bertz CT molecular complexity index is 1100. The number of methoxy groups -OCH3 is 1. The molecule has 2 atom stereocenters. The third-order valence-corrected chi connectivity index (χ3v) is 5.79. The molecule has 2 aromatic heterocycles. The largest absolute Gasteiger partial charge is 0.375 e. The van der Waals surface area contributed by atoms with Crippen LogP contribution in [0, 0.1) is 0 Å². The van der Waals surface area contributed by atoms with Gasteiger partial charge in [0.15, 0.2) is 5.11 Å². The average Bonchev–Trinajstić information content (AvgIpc) is 3.32. The molecule has 1 aliphatic rings. The van der Waals surface area contributed by atoms with E-state index in [1.165, 1.54) is 7.11 Å². The molecule has 2 unspecified atom stereocenters. The van der Waals surface area contributed by atoms with Crippen LogP contribution in [0.5, 0.6) is 0 Å². The van der Waals surface area contributed by atoms with Gasteiger partial charge in [-0.2, -0.15) is 0 Å². The van der Waals surface area contributed by atoms with Gasteiger partial charge in [0.25, 0.3) is 0 Å². The summed E-state index contributed by atoms with van der Waals surface area (Å²) >= 11 is 12.2. The molecule has 9 heteroatoms. The molecule has 4 rings (SSSR count). The van der Waals surface area contributed by atoms with Crippen LogP contribution in [-0.4, -0.2) is 34.3 Å². The lowest BCUT2D eigenvalue weighted by Gasteiger charge is -2.28. The number of hydrogen-bond acceptors (Lipinski definition) is 4. The van der Waals surface area contributed by atoms with Crippen LogP contribution >= 0.6 is 23.8 Å². The molecule has 1 aliphatic heterocycles. The number of thiocarbonyl (C=S) groups is 1. The van der Waals surface area contributed by atoms with E-state index in [4.69, 9.17) is 28.6 Å². The van der Waals surface area contributed by atoms with E-state index in [9.17, 15) is 4.79 Å². The van der Waals surface area contributed by atoms with Crippen molar-refractivity contribution < 1.29 is 9.53 Å². The molecule has 0 radical (unpaired) electrons. The average molecular weight is 456 g/mol. The van der Waals surface area contributed by atoms with Crippen LogP contribution in [0.25, 0.3) is 0 Å². The number of benzene rings is 1. The van der Waals surface area contributed by atoms with Gasteiger partial charge < -0.3 is 24.8 Å². The minimum absolute atomic E-state index is 0.0421. The number of anilines is 2. The summed E-state index contributed by atoms with van der Waals surface area (Å²) in [6.07, 6.45) is 3.78. The molecular weight excluding hydrogens is 434 g/mol. The predicted octanol–water partition coefficient (Wildman–Crippen LogP) is 3.84. The van der Waals surface area contributed by atoms with Gasteiger partial charge in [-0.1, -0.05) is 17.7 Å². The fourth-order valence-corrected chi connectivity index (χ4v) is 4.36. The first kappa shape index (κ1) is 21.3. The molecule has 1 aromatic carbocycles. The fourth-order valence-electron chi connectivity index (χ4n) is 3.79. The number of pyridine rings is 1. The molecule has 7 nitrogen and oxygen atoms in total. The van der Waals surface area contributed by atoms with Gasteiger partial charge in [-0.3, -0.25) is 9.78 Å². The maximum atomic E-state index is 11.9. The van der Waals surface area contributed by atoms with Crippen molar-refractivity contribution in [1.29, 1.82) is 0 Å². The Morgan fingerprint density at radius 2 is 2.13 bits per heavy atom. The first-order valence-electron chi connectivity index (χ1n) is 9.70. The lowest BCUT2D eigenvalue weighted by Crippen LogP contribution is -2.30. The summed E-state index contributed by atoms with van der Waals surface area (Å²) < 4.78 is 6.93. The minimum atomic E-state index is -0.271. The number of nitrogens with one attached hydrogen (secondary N) is 2. The Labute approximate surface area is 191 Å². The number of aromatic nitrogens is 2. The third-order valence-electron chi connectivity index (χ3n) is 5.17. The van der Waals surface area contributed by atoms with E-state index in [-0.39, 0.29) is 24.6 Å². The normalized spacial score (nSPS) is 18.2. The fraction of sp³-hybridized carbons (Fsp3) is 0.227. The van der Waals surface area contributed by atoms with Crippen molar-refractivity contribution in [2.24, 2.45) is 7.05 Å². The Kier molecular flexibility index (Phi) is 6.22. The van der Waals surface area contributed by atoms with Gasteiger partial charge in [-0.25, -0.2) is 0 Å². The SMILES string of the molecule is COCC(=O)Nc1ccc(N2C(=S)NC(c3ccccn3)C2c2cccn2C)cc1Cl. The first-order chi connectivity index (χ1) is 15.0. The van der Waals surface area contributed by atoms with Gasteiger partial charge in [0.1, 0.15) is 12.6 Å². The Morgan fingerprint density at radius 3 is 2.77 bits per heavy atom. The van der Waals surface area contributed by atoms with Gasteiger partial charge in [-0.05, 0) is 54.7 Å². The highest BCUT2D eigenvalue weighted by atomic mass is 35.5. The summed E-state index contributed by atoms with van der Waals surface area (Å²) in [6, 6.07) is 15.1. The number of halogens is 1. The number of aryl methyl sites for hydroxylation is 1. The molecular formula is C22H22ClN5O2S. The molecule has 2 N–H and O–H groups in total. The zero-order valence-corrected chi connectivity index (χ0v) is 18.7. The summed E-state index contributed by atoms with van der Waals surface area (Å²) in [5, 5.41) is 7.16. The number of hydrogen-bond donors (Lipinski definition) is 2. The maximum Gasteiger partial charge on any atom is 0.250 e. The van der Waals surface area contributed by atoms with Crippen LogP contribution in [0.15, 0.2) is 60.9 Å². The van der Waals surface area contributed by atoms with Crippen molar-refractivity contribution in [2.45, 2.75) is 12.1 Å². The van der Waals surface area contributed by atoms with Crippen LogP contribution in [0.1, 0.15) is 23.5 Å². The van der Waals surface area contributed by atoms with E-state index in [1.54, 1.807) is 18.3 Å². The Balaban J connectivity index is 1.72. The number of nitrogens with zero attached hydrogens (tertiary/aromatic N) is 3. The summed E-state index contributed by atoms with van der Waals surface area (Å²) in [5.41, 5.74) is 3.31. The lowest BCUT2D eigenvalue weighted by atomic mass is 10.0.